The number of aryl methyl sites for hydroxylation is 1. The van der Waals surface area contributed by atoms with E-state index in [9.17, 15) is 18.5 Å². The minimum atomic E-state index is -4.02. The fourth-order valence-electron chi connectivity index (χ4n) is 2.53. The third kappa shape index (κ3) is 5.78. The molecule has 1 aromatic heterocycles. The van der Waals surface area contributed by atoms with Gasteiger partial charge in [0, 0.05) is 5.92 Å². The number of nitriles is 1. The molecule has 0 fully saturated rings. The molecule has 2 aromatic carbocycles. The number of carbonyl (C=O) groups is 1. The largest absolute Gasteiger partial charge is 0.379 e. The van der Waals surface area contributed by atoms with Crippen LogP contribution >= 0.6 is 11.3 Å². The molecule has 1 amide bonds. The highest BCUT2D eigenvalue weighted by Gasteiger charge is 2.17. The third-order valence-corrected chi connectivity index (χ3v) is 6.61. The van der Waals surface area contributed by atoms with Crippen LogP contribution in [-0.2, 0) is 14.9 Å². The topological polar surface area (TPSA) is 122 Å². The molecule has 0 saturated carbocycles. The predicted octanol–water partition coefficient (Wildman–Crippen LogP) is 4.28. The second-order valence-electron chi connectivity index (χ2n) is 7.15. The first-order valence-corrected chi connectivity index (χ1v) is 11.8. The maximum atomic E-state index is 12.5. The van der Waals surface area contributed by atoms with Gasteiger partial charge in [0.1, 0.15) is 27.3 Å². The third-order valence-electron chi connectivity index (χ3n) is 4.20. The van der Waals surface area contributed by atoms with Crippen molar-refractivity contribution in [1.82, 2.24) is 10.2 Å². The maximum absolute atomic E-state index is 12.5. The summed E-state index contributed by atoms with van der Waals surface area (Å²) >= 11 is 1.23. The average Bonchev–Trinajstić information content (AvgIpc) is 3.21. The van der Waals surface area contributed by atoms with E-state index in [4.69, 9.17) is 4.18 Å². The van der Waals surface area contributed by atoms with Gasteiger partial charge in [-0.15, -0.1) is 10.2 Å². The summed E-state index contributed by atoms with van der Waals surface area (Å²) in [7, 11) is -4.02. The lowest BCUT2D eigenvalue weighted by Gasteiger charge is -2.08. The Kier molecular flexibility index (Phi) is 7.02. The first-order valence-electron chi connectivity index (χ1n) is 9.55. The number of nitrogens with one attached hydrogen (secondary N) is 1. The maximum Gasteiger partial charge on any atom is 0.339 e. The molecule has 0 spiro atoms. The lowest BCUT2D eigenvalue weighted by molar-refractivity contribution is -0.112. The van der Waals surface area contributed by atoms with Gasteiger partial charge in [0.15, 0.2) is 0 Å². The van der Waals surface area contributed by atoms with Gasteiger partial charge in [0.05, 0.1) is 0 Å². The van der Waals surface area contributed by atoms with Crippen LogP contribution in [0.1, 0.15) is 35.9 Å². The van der Waals surface area contributed by atoms with E-state index < -0.39 is 16.0 Å². The van der Waals surface area contributed by atoms with Crippen LogP contribution in [0.2, 0.25) is 0 Å². The number of nitrogens with zero attached hydrogens (tertiary/aromatic N) is 3. The number of amides is 1. The molecular weight excluding hydrogens is 448 g/mol. The van der Waals surface area contributed by atoms with Crippen LogP contribution in [0.25, 0.3) is 6.08 Å². The van der Waals surface area contributed by atoms with Crippen molar-refractivity contribution < 1.29 is 17.4 Å². The summed E-state index contributed by atoms with van der Waals surface area (Å²) in [6, 6.07) is 14.2. The van der Waals surface area contributed by atoms with E-state index in [1.165, 1.54) is 41.7 Å². The lowest BCUT2D eigenvalue weighted by atomic mass is 10.1. The highest BCUT2D eigenvalue weighted by atomic mass is 32.2. The normalized spacial score (nSPS) is 11.8. The van der Waals surface area contributed by atoms with Gasteiger partial charge in [-0.2, -0.15) is 13.7 Å². The molecule has 0 aliphatic rings. The Morgan fingerprint density at radius 2 is 1.91 bits per heavy atom. The summed E-state index contributed by atoms with van der Waals surface area (Å²) < 4.78 is 30.2. The zero-order valence-corrected chi connectivity index (χ0v) is 19.2. The fourth-order valence-corrected chi connectivity index (χ4v) is 4.20. The lowest BCUT2D eigenvalue weighted by Crippen LogP contribution is -2.13. The molecule has 0 unspecified atom stereocenters. The van der Waals surface area contributed by atoms with Crippen LogP contribution < -0.4 is 9.50 Å². The van der Waals surface area contributed by atoms with Gasteiger partial charge >= 0.3 is 10.1 Å². The Bertz CT molecular complexity index is 1300. The van der Waals surface area contributed by atoms with Gasteiger partial charge in [-0.1, -0.05) is 55.0 Å². The molecule has 3 aromatic rings. The molecule has 0 aliphatic carbocycles. The van der Waals surface area contributed by atoms with Crippen LogP contribution in [0.3, 0.4) is 0 Å². The van der Waals surface area contributed by atoms with E-state index in [0.29, 0.717) is 10.7 Å². The zero-order valence-electron chi connectivity index (χ0n) is 17.6. The Morgan fingerprint density at radius 1 is 1.19 bits per heavy atom. The Morgan fingerprint density at radius 3 is 2.53 bits per heavy atom. The van der Waals surface area contributed by atoms with Crippen LogP contribution in [0.4, 0.5) is 5.13 Å². The van der Waals surface area contributed by atoms with E-state index in [1.54, 1.807) is 24.3 Å². The summed E-state index contributed by atoms with van der Waals surface area (Å²) in [5.74, 6) is -0.414. The van der Waals surface area contributed by atoms with Crippen molar-refractivity contribution in [2.75, 3.05) is 5.32 Å². The van der Waals surface area contributed by atoms with Crippen molar-refractivity contribution in [1.29, 1.82) is 5.26 Å². The minimum absolute atomic E-state index is 0.0268. The van der Waals surface area contributed by atoms with E-state index in [1.807, 2.05) is 26.8 Å². The molecule has 0 bridgehead atoms. The highest BCUT2D eigenvalue weighted by Crippen LogP contribution is 2.24. The second-order valence-corrected chi connectivity index (χ2v) is 9.70. The Labute approximate surface area is 190 Å². The monoisotopic (exact) mass is 468 g/mol. The minimum Gasteiger partial charge on any atom is -0.379 e. The molecular formula is C22H20N4O4S2. The summed E-state index contributed by atoms with van der Waals surface area (Å²) in [4.78, 5) is 12.5. The highest BCUT2D eigenvalue weighted by molar-refractivity contribution is 7.87. The SMILES string of the molecule is Cc1ccc(S(=O)(=O)Oc2cccc(/C=C(/C#N)C(=O)Nc3nnc(C(C)C)s3)c2)cc1. The number of hydrogen-bond donors (Lipinski definition) is 1. The van der Waals surface area contributed by atoms with E-state index in [2.05, 4.69) is 15.5 Å². The standard InChI is InChI=1S/C22H20N4O4S2/c1-14(2)21-25-26-22(31-21)24-20(27)17(13-23)11-16-5-4-6-18(12-16)30-32(28,29)19-9-7-15(3)8-10-19/h4-12,14H,1-3H3,(H,24,26,27)/b17-11-. The molecule has 0 radical (unpaired) electrons. The number of rotatable bonds is 7. The van der Waals surface area contributed by atoms with E-state index in [0.717, 1.165) is 10.6 Å². The van der Waals surface area contributed by atoms with Gasteiger partial charge in [-0.05, 0) is 42.8 Å². The van der Waals surface area contributed by atoms with Crippen molar-refractivity contribution in [3.05, 3.63) is 70.2 Å². The number of aromatic nitrogens is 2. The van der Waals surface area contributed by atoms with Gasteiger partial charge in [0.2, 0.25) is 5.13 Å². The first kappa shape index (κ1) is 23.1. The van der Waals surface area contributed by atoms with Crippen LogP contribution in [-0.4, -0.2) is 24.5 Å². The number of hydrogen-bond acceptors (Lipinski definition) is 8. The quantitative estimate of drug-likeness (QED) is 0.312. The van der Waals surface area contributed by atoms with Crippen molar-refractivity contribution in [2.45, 2.75) is 31.6 Å². The average molecular weight is 469 g/mol. The van der Waals surface area contributed by atoms with Crippen molar-refractivity contribution in [3.8, 4) is 11.8 Å². The Hall–Kier alpha value is -3.55. The summed E-state index contributed by atoms with van der Waals surface area (Å²) in [5, 5.41) is 20.9. The van der Waals surface area contributed by atoms with Gasteiger partial charge in [-0.3, -0.25) is 10.1 Å². The summed E-state index contributed by atoms with van der Waals surface area (Å²) in [5.41, 5.74) is 1.17. The zero-order chi connectivity index (χ0) is 23.3. The fraction of sp³-hybridized carbons (Fsp3) is 0.182. The molecule has 0 atom stereocenters. The van der Waals surface area contributed by atoms with Crippen molar-refractivity contribution in [2.24, 2.45) is 0 Å². The Balaban J connectivity index is 1.78. The van der Waals surface area contributed by atoms with Crippen LogP contribution in [0.5, 0.6) is 5.75 Å². The molecule has 0 saturated heterocycles. The summed E-state index contributed by atoms with van der Waals surface area (Å²) in [6.07, 6.45) is 1.34. The number of anilines is 1. The molecule has 32 heavy (non-hydrogen) atoms. The summed E-state index contributed by atoms with van der Waals surface area (Å²) in [6.45, 7) is 5.77. The molecule has 10 heteroatoms. The molecule has 164 valence electrons. The molecule has 8 nitrogen and oxygen atoms in total. The van der Waals surface area contributed by atoms with E-state index >= 15 is 0 Å². The molecule has 0 aliphatic heterocycles. The molecule has 1 N–H and O–H groups in total. The number of carbonyl (C=O) groups excluding carboxylic acids is 1. The van der Waals surface area contributed by atoms with Gasteiger partial charge in [-0.25, -0.2) is 0 Å². The smallest absolute Gasteiger partial charge is 0.339 e. The molecule has 3 rings (SSSR count). The first-order chi connectivity index (χ1) is 15.2. The molecule has 1 heterocycles. The van der Waals surface area contributed by atoms with Crippen LogP contribution in [0.15, 0.2) is 59.0 Å². The van der Waals surface area contributed by atoms with Crippen molar-refractivity contribution >= 4 is 38.6 Å². The van der Waals surface area contributed by atoms with Crippen LogP contribution in [0, 0.1) is 18.3 Å². The predicted molar refractivity (Wildman–Crippen MR) is 122 cm³/mol. The van der Waals surface area contributed by atoms with Gasteiger partial charge < -0.3 is 4.18 Å². The van der Waals surface area contributed by atoms with Crippen molar-refractivity contribution in [3.63, 3.8) is 0 Å². The van der Waals surface area contributed by atoms with Gasteiger partial charge in [0.25, 0.3) is 5.91 Å². The second kappa shape index (κ2) is 9.72. The van der Waals surface area contributed by atoms with E-state index in [-0.39, 0.29) is 22.1 Å². The number of benzene rings is 2.